The second kappa shape index (κ2) is 4.87. The van der Waals surface area contributed by atoms with Crippen LogP contribution >= 0.6 is 0 Å². The summed E-state index contributed by atoms with van der Waals surface area (Å²) in [5.41, 5.74) is 1.62. The molecule has 0 radical (unpaired) electrons. The average Bonchev–Trinajstić information content (AvgIpc) is 2.72. The summed E-state index contributed by atoms with van der Waals surface area (Å²) in [7, 11) is 0. The van der Waals surface area contributed by atoms with Gasteiger partial charge in [0.05, 0.1) is 12.2 Å². The summed E-state index contributed by atoms with van der Waals surface area (Å²) >= 11 is 0. The molecular formula is C12H13N3O3. The van der Waals surface area contributed by atoms with E-state index in [-0.39, 0.29) is 5.56 Å². The Morgan fingerprint density at radius 2 is 2.28 bits per heavy atom. The highest BCUT2D eigenvalue weighted by molar-refractivity contribution is 5.94. The van der Waals surface area contributed by atoms with Crippen molar-refractivity contribution in [2.45, 2.75) is 20.4 Å². The lowest BCUT2D eigenvalue weighted by Crippen LogP contribution is -2.09. The van der Waals surface area contributed by atoms with Gasteiger partial charge in [-0.2, -0.15) is 0 Å². The van der Waals surface area contributed by atoms with Crippen LogP contribution in [0, 0.1) is 13.8 Å². The van der Waals surface area contributed by atoms with Crippen LogP contribution in [-0.2, 0) is 6.54 Å². The summed E-state index contributed by atoms with van der Waals surface area (Å²) < 4.78 is 5.03. The van der Waals surface area contributed by atoms with Gasteiger partial charge in [-0.25, -0.2) is 9.78 Å². The lowest BCUT2D eigenvalue weighted by Gasteiger charge is -2.08. The molecule has 6 nitrogen and oxygen atoms in total. The van der Waals surface area contributed by atoms with Crippen molar-refractivity contribution >= 4 is 11.8 Å². The number of rotatable bonds is 4. The van der Waals surface area contributed by atoms with Crippen molar-refractivity contribution in [1.29, 1.82) is 0 Å². The Hall–Kier alpha value is -2.37. The Morgan fingerprint density at radius 3 is 2.89 bits per heavy atom. The predicted octanol–water partition coefficient (Wildman–Crippen LogP) is 2.00. The molecule has 0 saturated heterocycles. The third-order valence-corrected chi connectivity index (χ3v) is 2.48. The summed E-state index contributed by atoms with van der Waals surface area (Å²) in [5, 5.41) is 15.8. The van der Waals surface area contributed by atoms with E-state index in [0.29, 0.717) is 23.7 Å². The molecule has 6 heteroatoms. The number of aromatic carboxylic acids is 1. The topological polar surface area (TPSA) is 88.2 Å². The Bertz CT molecular complexity index is 578. The van der Waals surface area contributed by atoms with Gasteiger partial charge in [-0.3, -0.25) is 0 Å². The number of nitrogens with one attached hydrogen (secondary N) is 1. The summed E-state index contributed by atoms with van der Waals surface area (Å²) in [6, 6.07) is 3.44. The minimum Gasteiger partial charge on any atom is -0.478 e. The molecule has 0 aromatic carbocycles. The molecule has 0 amide bonds. The maximum absolute atomic E-state index is 11.1. The Morgan fingerprint density at radius 1 is 1.50 bits per heavy atom. The van der Waals surface area contributed by atoms with Gasteiger partial charge in [0.2, 0.25) is 0 Å². The third kappa shape index (κ3) is 2.48. The Labute approximate surface area is 104 Å². The number of nitrogens with zero attached hydrogens (tertiary/aromatic N) is 2. The van der Waals surface area contributed by atoms with E-state index < -0.39 is 5.97 Å². The van der Waals surface area contributed by atoms with Gasteiger partial charge in [-0.05, 0) is 25.5 Å². The molecular weight excluding hydrogens is 234 g/mol. The van der Waals surface area contributed by atoms with Crippen LogP contribution < -0.4 is 5.32 Å². The highest BCUT2D eigenvalue weighted by Crippen LogP contribution is 2.17. The van der Waals surface area contributed by atoms with Crippen LogP contribution in [0.1, 0.15) is 27.4 Å². The monoisotopic (exact) mass is 247 g/mol. The van der Waals surface area contributed by atoms with Gasteiger partial charge in [0.25, 0.3) is 0 Å². The van der Waals surface area contributed by atoms with E-state index in [0.717, 1.165) is 5.69 Å². The highest BCUT2D eigenvalue weighted by atomic mass is 16.5. The van der Waals surface area contributed by atoms with Crippen LogP contribution in [0.3, 0.4) is 0 Å². The minimum atomic E-state index is -1.00. The van der Waals surface area contributed by atoms with Gasteiger partial charge >= 0.3 is 5.97 Å². The largest absolute Gasteiger partial charge is 0.478 e. The van der Waals surface area contributed by atoms with Gasteiger partial charge in [-0.1, -0.05) is 5.16 Å². The number of hydrogen-bond acceptors (Lipinski definition) is 5. The van der Waals surface area contributed by atoms with Crippen molar-refractivity contribution in [2.24, 2.45) is 0 Å². The van der Waals surface area contributed by atoms with E-state index in [2.05, 4.69) is 15.5 Å². The standard InChI is InChI=1S/C12H13N3O3/c1-7-3-4-13-11(10(7)12(16)17)14-6-9-5-8(2)15-18-9/h3-5H,6H2,1-2H3,(H,13,14)(H,16,17). The summed E-state index contributed by atoms with van der Waals surface area (Å²) in [5.74, 6) is -0.0412. The molecule has 0 spiro atoms. The maximum atomic E-state index is 11.1. The van der Waals surface area contributed by atoms with E-state index in [1.54, 1.807) is 25.3 Å². The lowest BCUT2D eigenvalue weighted by molar-refractivity contribution is 0.0696. The van der Waals surface area contributed by atoms with Crippen LogP contribution in [0.4, 0.5) is 5.82 Å². The second-order valence-corrected chi connectivity index (χ2v) is 3.94. The smallest absolute Gasteiger partial charge is 0.339 e. The highest BCUT2D eigenvalue weighted by Gasteiger charge is 2.14. The fourth-order valence-electron chi connectivity index (χ4n) is 1.63. The molecule has 2 rings (SSSR count). The fraction of sp³-hybridized carbons (Fsp3) is 0.250. The molecule has 2 aromatic rings. The van der Waals surface area contributed by atoms with Crippen LogP contribution in [0.25, 0.3) is 0 Å². The Balaban J connectivity index is 2.19. The fourth-order valence-corrected chi connectivity index (χ4v) is 1.63. The first-order chi connectivity index (χ1) is 8.58. The number of anilines is 1. The third-order valence-electron chi connectivity index (χ3n) is 2.48. The molecule has 0 aliphatic heterocycles. The zero-order valence-corrected chi connectivity index (χ0v) is 10.1. The van der Waals surface area contributed by atoms with E-state index in [1.807, 2.05) is 6.92 Å². The number of aryl methyl sites for hydroxylation is 2. The van der Waals surface area contributed by atoms with Crippen molar-refractivity contribution in [2.75, 3.05) is 5.32 Å². The van der Waals surface area contributed by atoms with Crippen LogP contribution in [0.15, 0.2) is 22.9 Å². The van der Waals surface area contributed by atoms with Gasteiger partial charge in [0.1, 0.15) is 11.4 Å². The molecule has 0 saturated carbocycles. The van der Waals surface area contributed by atoms with Gasteiger partial charge in [0, 0.05) is 12.3 Å². The number of carboxylic acids is 1. The zero-order chi connectivity index (χ0) is 13.1. The average molecular weight is 247 g/mol. The number of aromatic nitrogens is 2. The number of pyridine rings is 1. The van der Waals surface area contributed by atoms with Crippen molar-refractivity contribution in [3.05, 3.63) is 40.9 Å². The van der Waals surface area contributed by atoms with E-state index in [4.69, 9.17) is 9.63 Å². The van der Waals surface area contributed by atoms with Crippen molar-refractivity contribution in [3.63, 3.8) is 0 Å². The number of carbonyl (C=O) groups is 1. The molecule has 0 atom stereocenters. The first kappa shape index (κ1) is 12.1. The Kier molecular flexibility index (Phi) is 3.27. The van der Waals surface area contributed by atoms with E-state index in [9.17, 15) is 4.79 Å². The molecule has 2 heterocycles. The van der Waals surface area contributed by atoms with E-state index >= 15 is 0 Å². The molecule has 0 bridgehead atoms. The van der Waals surface area contributed by atoms with Gasteiger partial charge in [-0.15, -0.1) is 0 Å². The SMILES string of the molecule is Cc1cc(CNc2nccc(C)c2C(=O)O)on1. The van der Waals surface area contributed by atoms with E-state index in [1.165, 1.54) is 0 Å². The minimum absolute atomic E-state index is 0.175. The normalized spacial score (nSPS) is 10.3. The second-order valence-electron chi connectivity index (χ2n) is 3.94. The molecule has 0 aliphatic rings. The van der Waals surface area contributed by atoms with Gasteiger partial charge < -0.3 is 14.9 Å². The first-order valence-electron chi connectivity index (χ1n) is 5.43. The molecule has 94 valence electrons. The number of carboxylic acid groups (broad SMARTS) is 1. The molecule has 2 aromatic heterocycles. The summed E-state index contributed by atoms with van der Waals surface area (Å²) in [6.07, 6.45) is 1.57. The predicted molar refractivity (Wildman–Crippen MR) is 64.5 cm³/mol. The van der Waals surface area contributed by atoms with Crippen LogP contribution in [-0.4, -0.2) is 21.2 Å². The van der Waals surface area contributed by atoms with Crippen LogP contribution in [0.5, 0.6) is 0 Å². The molecule has 2 N–H and O–H groups in total. The van der Waals surface area contributed by atoms with Crippen molar-refractivity contribution < 1.29 is 14.4 Å². The quantitative estimate of drug-likeness (QED) is 0.859. The lowest BCUT2D eigenvalue weighted by atomic mass is 10.1. The summed E-state index contributed by atoms with van der Waals surface area (Å²) in [4.78, 5) is 15.2. The molecule has 0 fully saturated rings. The van der Waals surface area contributed by atoms with Crippen molar-refractivity contribution in [3.8, 4) is 0 Å². The molecule has 18 heavy (non-hydrogen) atoms. The maximum Gasteiger partial charge on any atom is 0.339 e. The van der Waals surface area contributed by atoms with Crippen LogP contribution in [0.2, 0.25) is 0 Å². The van der Waals surface area contributed by atoms with Crippen molar-refractivity contribution in [1.82, 2.24) is 10.1 Å². The number of hydrogen-bond donors (Lipinski definition) is 2. The zero-order valence-electron chi connectivity index (χ0n) is 10.1. The van der Waals surface area contributed by atoms with Gasteiger partial charge in [0.15, 0.2) is 5.76 Å². The summed E-state index contributed by atoms with van der Waals surface area (Å²) in [6.45, 7) is 3.90. The molecule has 0 aliphatic carbocycles. The molecule has 0 unspecified atom stereocenters. The first-order valence-corrected chi connectivity index (χ1v) is 5.43.